The first kappa shape index (κ1) is 16.7. The van der Waals surface area contributed by atoms with Crippen LogP contribution in [-0.2, 0) is 11.8 Å². The van der Waals surface area contributed by atoms with Crippen LogP contribution in [0, 0.1) is 0 Å². The van der Waals surface area contributed by atoms with Gasteiger partial charge in [-0.05, 0) is 24.3 Å². The zero-order valence-electron chi connectivity index (χ0n) is 12.5. The number of rotatable bonds is 4. The van der Waals surface area contributed by atoms with Gasteiger partial charge in [0.1, 0.15) is 0 Å². The Hall–Kier alpha value is -2.15. The van der Waals surface area contributed by atoms with E-state index < -0.39 is 0 Å². The lowest BCUT2D eigenvalue weighted by Crippen LogP contribution is -2.07. The van der Waals surface area contributed by atoms with E-state index >= 15 is 0 Å². The summed E-state index contributed by atoms with van der Waals surface area (Å²) in [6.45, 7) is 0. The molecule has 122 valence electrons. The van der Waals surface area contributed by atoms with Crippen LogP contribution in [0.4, 0.5) is 5.13 Å². The molecule has 3 aromatic rings. The van der Waals surface area contributed by atoms with Gasteiger partial charge in [-0.2, -0.15) is 5.10 Å². The summed E-state index contributed by atoms with van der Waals surface area (Å²) in [5.74, 6) is -0.262. The van der Waals surface area contributed by atoms with E-state index in [4.69, 9.17) is 23.2 Å². The molecule has 1 N–H and O–H groups in total. The SMILES string of the molecule is Cn1cc(C=CC(=O)Nc2nc(-c3ccc(Cl)cc3Cl)cs2)cn1. The maximum Gasteiger partial charge on any atom is 0.250 e. The van der Waals surface area contributed by atoms with E-state index in [0.717, 1.165) is 11.1 Å². The fraction of sp³-hybridized carbons (Fsp3) is 0.0625. The number of aryl methyl sites for hydroxylation is 1. The van der Waals surface area contributed by atoms with Gasteiger partial charge in [-0.1, -0.05) is 23.2 Å². The van der Waals surface area contributed by atoms with E-state index in [9.17, 15) is 4.79 Å². The molecule has 1 aromatic carbocycles. The van der Waals surface area contributed by atoms with Crippen LogP contribution < -0.4 is 5.32 Å². The van der Waals surface area contributed by atoms with Crippen molar-refractivity contribution in [1.29, 1.82) is 0 Å². The van der Waals surface area contributed by atoms with Gasteiger partial charge in [0.2, 0.25) is 5.91 Å². The summed E-state index contributed by atoms with van der Waals surface area (Å²) in [6.07, 6.45) is 6.61. The average molecular weight is 379 g/mol. The Kier molecular flexibility index (Phi) is 4.99. The van der Waals surface area contributed by atoms with E-state index in [2.05, 4.69) is 15.4 Å². The third-order valence-corrected chi connectivity index (χ3v) is 4.40. The normalized spacial score (nSPS) is 11.1. The summed E-state index contributed by atoms with van der Waals surface area (Å²) in [6, 6.07) is 5.21. The monoisotopic (exact) mass is 378 g/mol. The molecule has 0 fully saturated rings. The number of anilines is 1. The molecule has 24 heavy (non-hydrogen) atoms. The van der Waals surface area contributed by atoms with Gasteiger partial charge in [0.15, 0.2) is 5.13 Å². The fourth-order valence-electron chi connectivity index (χ4n) is 2.00. The molecule has 0 radical (unpaired) electrons. The zero-order valence-corrected chi connectivity index (χ0v) is 14.9. The summed E-state index contributed by atoms with van der Waals surface area (Å²) in [5.41, 5.74) is 2.30. The van der Waals surface area contributed by atoms with E-state index in [1.54, 1.807) is 35.2 Å². The van der Waals surface area contributed by atoms with Crippen molar-refractivity contribution in [3.05, 3.63) is 57.7 Å². The van der Waals surface area contributed by atoms with Crippen molar-refractivity contribution in [2.24, 2.45) is 7.05 Å². The first-order chi connectivity index (χ1) is 11.5. The first-order valence-electron chi connectivity index (χ1n) is 6.90. The largest absolute Gasteiger partial charge is 0.298 e. The van der Waals surface area contributed by atoms with Gasteiger partial charge >= 0.3 is 0 Å². The topological polar surface area (TPSA) is 59.8 Å². The summed E-state index contributed by atoms with van der Waals surface area (Å²) >= 11 is 13.4. The second-order valence-electron chi connectivity index (χ2n) is 4.93. The van der Waals surface area contributed by atoms with Crippen molar-refractivity contribution < 1.29 is 4.79 Å². The number of thiazole rings is 1. The van der Waals surface area contributed by atoms with Crippen molar-refractivity contribution in [3.8, 4) is 11.3 Å². The Morgan fingerprint density at radius 3 is 2.92 bits per heavy atom. The van der Waals surface area contributed by atoms with Crippen LogP contribution in [0.5, 0.6) is 0 Å². The van der Waals surface area contributed by atoms with Crippen LogP contribution in [-0.4, -0.2) is 20.7 Å². The number of carbonyl (C=O) groups excluding carboxylic acids is 1. The molecule has 2 heterocycles. The molecule has 0 unspecified atom stereocenters. The standard InChI is InChI=1S/C16H12Cl2N4OS/c1-22-8-10(7-19-22)2-5-15(23)21-16-20-14(9-24-16)12-4-3-11(17)6-13(12)18/h2-9H,1H3,(H,20,21,23). The number of nitrogens with one attached hydrogen (secondary N) is 1. The second-order valence-corrected chi connectivity index (χ2v) is 6.63. The van der Waals surface area contributed by atoms with Gasteiger partial charge in [0, 0.05) is 40.9 Å². The number of aromatic nitrogens is 3. The Labute approximate surface area is 152 Å². The lowest BCUT2D eigenvalue weighted by molar-refractivity contribution is -0.111. The molecule has 0 atom stereocenters. The quantitative estimate of drug-likeness (QED) is 0.679. The minimum Gasteiger partial charge on any atom is -0.298 e. The van der Waals surface area contributed by atoms with Gasteiger partial charge < -0.3 is 0 Å². The summed E-state index contributed by atoms with van der Waals surface area (Å²) in [7, 11) is 1.82. The predicted octanol–water partition coefficient (Wildman–Crippen LogP) is 4.50. The average Bonchev–Trinajstić information content (AvgIpc) is 3.14. The van der Waals surface area contributed by atoms with E-state index in [0.29, 0.717) is 20.9 Å². The highest BCUT2D eigenvalue weighted by Crippen LogP contribution is 2.32. The highest BCUT2D eigenvalue weighted by molar-refractivity contribution is 7.14. The number of nitrogens with zero attached hydrogens (tertiary/aromatic N) is 3. The van der Waals surface area contributed by atoms with Gasteiger partial charge in [0.05, 0.1) is 16.9 Å². The lowest BCUT2D eigenvalue weighted by Gasteiger charge is -2.01. The molecule has 0 saturated carbocycles. The van der Waals surface area contributed by atoms with Gasteiger partial charge in [-0.25, -0.2) is 4.98 Å². The van der Waals surface area contributed by atoms with Crippen LogP contribution in [0.15, 0.2) is 42.0 Å². The molecule has 3 rings (SSSR count). The Morgan fingerprint density at radius 2 is 2.21 bits per heavy atom. The lowest BCUT2D eigenvalue weighted by atomic mass is 10.2. The van der Waals surface area contributed by atoms with Crippen molar-refractivity contribution in [1.82, 2.24) is 14.8 Å². The molecule has 5 nitrogen and oxygen atoms in total. The van der Waals surface area contributed by atoms with Gasteiger partial charge in [-0.3, -0.25) is 14.8 Å². The molecular formula is C16H12Cl2N4OS. The predicted molar refractivity (Wildman–Crippen MR) is 98.4 cm³/mol. The Balaban J connectivity index is 1.69. The molecule has 8 heteroatoms. The molecule has 0 aliphatic rings. The summed E-state index contributed by atoms with van der Waals surface area (Å²) in [4.78, 5) is 16.3. The number of amides is 1. The molecule has 0 bridgehead atoms. The minimum atomic E-state index is -0.262. The van der Waals surface area contributed by atoms with Crippen LogP contribution in [0.1, 0.15) is 5.56 Å². The van der Waals surface area contributed by atoms with Crippen molar-refractivity contribution in [2.45, 2.75) is 0 Å². The van der Waals surface area contributed by atoms with Crippen LogP contribution in [0.2, 0.25) is 10.0 Å². The van der Waals surface area contributed by atoms with Gasteiger partial charge in [0.25, 0.3) is 0 Å². The third kappa shape index (κ3) is 4.03. The van der Waals surface area contributed by atoms with Crippen molar-refractivity contribution in [3.63, 3.8) is 0 Å². The summed E-state index contributed by atoms with van der Waals surface area (Å²) in [5, 5.41) is 10.2. The number of carbonyl (C=O) groups is 1. The maximum atomic E-state index is 11.9. The minimum absolute atomic E-state index is 0.262. The van der Waals surface area contributed by atoms with E-state index in [1.165, 1.54) is 17.4 Å². The summed E-state index contributed by atoms with van der Waals surface area (Å²) < 4.78 is 1.67. The maximum absolute atomic E-state index is 11.9. The highest BCUT2D eigenvalue weighted by atomic mass is 35.5. The van der Waals surface area contributed by atoms with Crippen LogP contribution in [0.25, 0.3) is 17.3 Å². The van der Waals surface area contributed by atoms with Crippen LogP contribution >= 0.6 is 34.5 Å². The van der Waals surface area contributed by atoms with E-state index in [1.807, 2.05) is 18.6 Å². The van der Waals surface area contributed by atoms with Crippen LogP contribution in [0.3, 0.4) is 0 Å². The molecule has 0 spiro atoms. The third-order valence-electron chi connectivity index (χ3n) is 3.09. The van der Waals surface area contributed by atoms with Gasteiger partial charge in [-0.15, -0.1) is 11.3 Å². The molecule has 1 amide bonds. The van der Waals surface area contributed by atoms with Crippen molar-refractivity contribution >= 4 is 51.7 Å². The molecular weight excluding hydrogens is 367 g/mol. The second kappa shape index (κ2) is 7.17. The molecule has 0 aliphatic carbocycles. The Bertz CT molecular complexity index is 916. The molecule has 0 aliphatic heterocycles. The van der Waals surface area contributed by atoms with E-state index in [-0.39, 0.29) is 5.91 Å². The smallest absolute Gasteiger partial charge is 0.250 e. The molecule has 2 aromatic heterocycles. The Morgan fingerprint density at radius 1 is 1.38 bits per heavy atom. The number of halogens is 2. The number of hydrogen-bond donors (Lipinski definition) is 1. The molecule has 0 saturated heterocycles. The van der Waals surface area contributed by atoms with Crippen molar-refractivity contribution in [2.75, 3.05) is 5.32 Å². The number of benzene rings is 1. The fourth-order valence-corrected chi connectivity index (χ4v) is 3.22. The number of hydrogen-bond acceptors (Lipinski definition) is 4. The zero-order chi connectivity index (χ0) is 17.1. The first-order valence-corrected chi connectivity index (χ1v) is 8.53. The highest BCUT2D eigenvalue weighted by Gasteiger charge is 2.10.